The monoisotopic (exact) mass is 360 g/mol. The molecule has 20 heavy (non-hydrogen) atoms. The van der Waals surface area contributed by atoms with Gasteiger partial charge in [-0.1, -0.05) is 30.7 Å². The number of halogens is 3. The average molecular weight is 362 g/mol. The third-order valence-electron chi connectivity index (χ3n) is 3.23. The SMILES string of the molecule is CCc1nn(C)c(CC(O)c2cccc(Cl)c2F)c1Br. The van der Waals surface area contributed by atoms with Gasteiger partial charge in [-0.25, -0.2) is 4.39 Å². The molecule has 1 atom stereocenters. The van der Waals surface area contributed by atoms with E-state index in [-0.39, 0.29) is 17.0 Å². The predicted octanol–water partition coefficient (Wildman–Crippen LogP) is 3.81. The summed E-state index contributed by atoms with van der Waals surface area (Å²) in [7, 11) is 1.81. The summed E-state index contributed by atoms with van der Waals surface area (Å²) < 4.78 is 16.5. The molecule has 0 aliphatic rings. The zero-order valence-electron chi connectivity index (χ0n) is 11.2. The fourth-order valence-corrected chi connectivity index (χ4v) is 3.07. The number of rotatable bonds is 4. The van der Waals surface area contributed by atoms with Crippen LogP contribution in [0.2, 0.25) is 5.02 Å². The minimum absolute atomic E-state index is 0.0138. The molecule has 0 amide bonds. The lowest BCUT2D eigenvalue weighted by Gasteiger charge is -2.13. The fourth-order valence-electron chi connectivity index (χ4n) is 2.11. The second kappa shape index (κ2) is 6.24. The Hall–Kier alpha value is -0.910. The second-order valence-electron chi connectivity index (χ2n) is 4.55. The van der Waals surface area contributed by atoms with Crippen LogP contribution in [0.1, 0.15) is 30.0 Å². The van der Waals surface area contributed by atoms with Crippen LogP contribution in [-0.2, 0) is 19.9 Å². The van der Waals surface area contributed by atoms with Crippen molar-refractivity contribution in [1.29, 1.82) is 0 Å². The van der Waals surface area contributed by atoms with Crippen LogP contribution in [-0.4, -0.2) is 14.9 Å². The Bertz CT molecular complexity index is 630. The summed E-state index contributed by atoms with van der Waals surface area (Å²) in [6.45, 7) is 2.00. The highest BCUT2D eigenvalue weighted by Gasteiger charge is 2.20. The first-order valence-electron chi connectivity index (χ1n) is 6.27. The molecule has 1 N–H and O–H groups in total. The highest BCUT2D eigenvalue weighted by Crippen LogP contribution is 2.29. The quantitative estimate of drug-likeness (QED) is 0.899. The van der Waals surface area contributed by atoms with Crippen LogP contribution in [0.15, 0.2) is 22.7 Å². The summed E-state index contributed by atoms with van der Waals surface area (Å²) >= 11 is 9.22. The van der Waals surface area contributed by atoms with E-state index in [4.69, 9.17) is 11.6 Å². The average Bonchev–Trinajstić information content (AvgIpc) is 2.69. The minimum Gasteiger partial charge on any atom is -0.388 e. The van der Waals surface area contributed by atoms with E-state index in [0.29, 0.717) is 0 Å². The number of benzene rings is 1. The number of aliphatic hydroxyl groups excluding tert-OH is 1. The minimum atomic E-state index is -0.967. The van der Waals surface area contributed by atoms with Crippen molar-refractivity contribution in [1.82, 2.24) is 9.78 Å². The molecule has 3 nitrogen and oxygen atoms in total. The topological polar surface area (TPSA) is 38.0 Å². The van der Waals surface area contributed by atoms with Gasteiger partial charge < -0.3 is 5.11 Å². The van der Waals surface area contributed by atoms with Crippen molar-refractivity contribution < 1.29 is 9.50 Å². The highest BCUT2D eigenvalue weighted by molar-refractivity contribution is 9.10. The molecule has 0 aliphatic carbocycles. The molecular weight excluding hydrogens is 347 g/mol. The lowest BCUT2D eigenvalue weighted by molar-refractivity contribution is 0.171. The van der Waals surface area contributed by atoms with E-state index in [1.165, 1.54) is 12.1 Å². The van der Waals surface area contributed by atoms with Crippen molar-refractivity contribution >= 4 is 27.5 Å². The van der Waals surface area contributed by atoms with Gasteiger partial charge in [-0.05, 0) is 28.4 Å². The Labute approximate surface area is 130 Å². The molecular formula is C14H15BrClFN2O. The Balaban J connectivity index is 2.30. The maximum atomic E-state index is 13.9. The van der Waals surface area contributed by atoms with Crippen molar-refractivity contribution in [2.45, 2.75) is 25.9 Å². The zero-order valence-corrected chi connectivity index (χ0v) is 13.5. The molecule has 6 heteroatoms. The van der Waals surface area contributed by atoms with Crippen molar-refractivity contribution in [2.24, 2.45) is 7.05 Å². The van der Waals surface area contributed by atoms with Crippen LogP contribution >= 0.6 is 27.5 Å². The molecule has 0 aliphatic heterocycles. The molecule has 2 aromatic rings. The first-order valence-corrected chi connectivity index (χ1v) is 7.45. The first kappa shape index (κ1) is 15.5. The molecule has 0 saturated carbocycles. The van der Waals surface area contributed by atoms with Crippen molar-refractivity contribution in [2.75, 3.05) is 0 Å². The van der Waals surface area contributed by atoms with Gasteiger partial charge in [0.2, 0.25) is 0 Å². The standard InChI is InChI=1S/C14H15BrClFN2O/c1-3-10-13(15)11(19(2)18-10)7-12(20)8-5-4-6-9(16)14(8)17/h4-6,12,20H,3,7H2,1-2H3. The Morgan fingerprint density at radius 1 is 1.50 bits per heavy atom. The van der Waals surface area contributed by atoms with Crippen LogP contribution in [0.25, 0.3) is 0 Å². The van der Waals surface area contributed by atoms with E-state index in [0.717, 1.165) is 22.3 Å². The largest absolute Gasteiger partial charge is 0.388 e. The van der Waals surface area contributed by atoms with Gasteiger partial charge in [-0.2, -0.15) is 5.10 Å². The number of hydrogen-bond acceptors (Lipinski definition) is 2. The lowest BCUT2D eigenvalue weighted by atomic mass is 10.0. The molecule has 2 rings (SSSR count). The third-order valence-corrected chi connectivity index (χ3v) is 4.44. The summed E-state index contributed by atoms with van der Waals surface area (Å²) in [4.78, 5) is 0. The van der Waals surface area contributed by atoms with Crippen LogP contribution in [0, 0.1) is 5.82 Å². The number of aliphatic hydroxyl groups is 1. The van der Waals surface area contributed by atoms with E-state index in [9.17, 15) is 9.50 Å². The van der Waals surface area contributed by atoms with E-state index >= 15 is 0 Å². The normalized spacial score (nSPS) is 12.7. The van der Waals surface area contributed by atoms with E-state index in [1.807, 2.05) is 6.92 Å². The number of aromatic nitrogens is 2. The summed E-state index contributed by atoms with van der Waals surface area (Å²) in [6, 6.07) is 4.62. The van der Waals surface area contributed by atoms with Crippen LogP contribution in [0.4, 0.5) is 4.39 Å². The summed E-state index contributed by atoms with van der Waals surface area (Å²) in [5.74, 6) is -0.573. The summed E-state index contributed by atoms with van der Waals surface area (Å²) in [6.07, 6.45) is 0.0855. The van der Waals surface area contributed by atoms with Crippen LogP contribution < -0.4 is 0 Å². The maximum Gasteiger partial charge on any atom is 0.147 e. The molecule has 1 aromatic heterocycles. The molecule has 0 fully saturated rings. The van der Waals surface area contributed by atoms with Gasteiger partial charge in [0.25, 0.3) is 0 Å². The predicted molar refractivity (Wildman–Crippen MR) is 80.4 cm³/mol. The van der Waals surface area contributed by atoms with Gasteiger partial charge in [0.1, 0.15) is 5.82 Å². The lowest BCUT2D eigenvalue weighted by Crippen LogP contribution is -2.08. The number of aryl methyl sites for hydroxylation is 2. The van der Waals surface area contributed by atoms with E-state index < -0.39 is 11.9 Å². The summed E-state index contributed by atoms with van der Waals surface area (Å²) in [5, 5.41) is 14.6. The van der Waals surface area contributed by atoms with Crippen molar-refractivity contribution in [3.8, 4) is 0 Å². The van der Waals surface area contributed by atoms with Gasteiger partial charge in [-0.15, -0.1) is 0 Å². The second-order valence-corrected chi connectivity index (χ2v) is 5.75. The van der Waals surface area contributed by atoms with Gasteiger partial charge in [0.15, 0.2) is 0 Å². The third kappa shape index (κ3) is 2.90. The Kier molecular flexibility index (Phi) is 4.83. The molecule has 1 unspecified atom stereocenters. The Morgan fingerprint density at radius 2 is 2.20 bits per heavy atom. The van der Waals surface area contributed by atoms with Gasteiger partial charge in [0, 0.05) is 19.0 Å². The number of nitrogens with zero attached hydrogens (tertiary/aromatic N) is 2. The highest BCUT2D eigenvalue weighted by atomic mass is 79.9. The van der Waals surface area contributed by atoms with Crippen molar-refractivity contribution in [3.63, 3.8) is 0 Å². The van der Waals surface area contributed by atoms with Crippen LogP contribution in [0.3, 0.4) is 0 Å². The molecule has 0 saturated heterocycles. The van der Waals surface area contributed by atoms with E-state index in [2.05, 4.69) is 21.0 Å². The summed E-state index contributed by atoms with van der Waals surface area (Å²) in [5.41, 5.74) is 1.94. The molecule has 0 spiro atoms. The van der Waals surface area contributed by atoms with E-state index in [1.54, 1.807) is 17.8 Å². The Morgan fingerprint density at radius 3 is 2.80 bits per heavy atom. The number of hydrogen-bond donors (Lipinski definition) is 1. The smallest absolute Gasteiger partial charge is 0.147 e. The molecule has 108 valence electrons. The first-order chi connectivity index (χ1) is 9.45. The maximum absolute atomic E-state index is 13.9. The van der Waals surface area contributed by atoms with Gasteiger partial charge in [-0.3, -0.25) is 4.68 Å². The van der Waals surface area contributed by atoms with Gasteiger partial charge in [0.05, 0.1) is 27.0 Å². The van der Waals surface area contributed by atoms with Crippen LogP contribution in [0.5, 0.6) is 0 Å². The van der Waals surface area contributed by atoms with Gasteiger partial charge >= 0.3 is 0 Å². The van der Waals surface area contributed by atoms with Crippen molar-refractivity contribution in [3.05, 3.63) is 50.5 Å². The molecule has 0 bridgehead atoms. The fraction of sp³-hybridized carbons (Fsp3) is 0.357. The molecule has 1 heterocycles. The molecule has 1 aromatic carbocycles. The zero-order chi connectivity index (χ0) is 14.9. The molecule has 0 radical (unpaired) electrons.